The number of piperazine rings is 2. The fraction of sp³-hybridized carbons (Fsp3) is 0.444. The molecule has 2 fully saturated rings. The topological polar surface area (TPSA) is 85.0 Å². The molecule has 0 radical (unpaired) electrons. The Hall–Kier alpha value is -3.10. The third kappa shape index (κ3) is 6.56. The first kappa shape index (κ1) is 26.0. The molecule has 0 saturated carbocycles. The van der Waals surface area contributed by atoms with Gasteiger partial charge in [-0.2, -0.15) is 0 Å². The normalized spacial score (nSPS) is 18.8. The highest BCUT2D eigenvalue weighted by Gasteiger charge is 2.35. The predicted molar refractivity (Wildman–Crippen MR) is 142 cm³/mol. The number of rotatable bonds is 7. The van der Waals surface area contributed by atoms with E-state index in [0.717, 1.165) is 31.9 Å². The Morgan fingerprint density at radius 3 is 2.31 bits per heavy atom. The van der Waals surface area contributed by atoms with Gasteiger partial charge >= 0.3 is 0 Å². The highest BCUT2D eigenvalue weighted by Crippen LogP contribution is 2.20. The van der Waals surface area contributed by atoms with Crippen LogP contribution in [0.5, 0.6) is 0 Å². The monoisotopic (exact) mass is 511 g/mol. The van der Waals surface area contributed by atoms with Crippen molar-refractivity contribution in [3.8, 4) is 0 Å². The van der Waals surface area contributed by atoms with Gasteiger partial charge in [0.25, 0.3) is 0 Å². The second-order valence-corrected chi connectivity index (χ2v) is 10.1. The SMILES string of the molecule is CC(C)c1ccc(NC(=O)CC2C(=O)NCCN2C(=O)CN2CCN(c3ccc(Cl)cc3)CC2)cc1. The quantitative estimate of drug-likeness (QED) is 0.597. The smallest absolute Gasteiger partial charge is 0.243 e. The molecule has 1 atom stereocenters. The number of amides is 3. The van der Waals surface area contributed by atoms with Crippen molar-refractivity contribution in [3.05, 3.63) is 59.1 Å². The molecule has 2 aliphatic rings. The largest absolute Gasteiger partial charge is 0.369 e. The molecule has 2 aliphatic heterocycles. The Bertz CT molecular complexity index is 1070. The summed E-state index contributed by atoms with van der Waals surface area (Å²) >= 11 is 5.99. The van der Waals surface area contributed by atoms with Gasteiger partial charge in [0.15, 0.2) is 0 Å². The molecule has 192 valence electrons. The number of anilines is 2. The summed E-state index contributed by atoms with van der Waals surface area (Å²) in [6.45, 7) is 8.34. The summed E-state index contributed by atoms with van der Waals surface area (Å²) < 4.78 is 0. The zero-order valence-electron chi connectivity index (χ0n) is 20.9. The molecule has 2 aromatic rings. The lowest BCUT2D eigenvalue weighted by Gasteiger charge is -2.39. The summed E-state index contributed by atoms with van der Waals surface area (Å²) in [5.41, 5.74) is 2.98. The van der Waals surface area contributed by atoms with E-state index in [4.69, 9.17) is 11.6 Å². The number of nitrogens with one attached hydrogen (secondary N) is 2. The van der Waals surface area contributed by atoms with Crippen LogP contribution >= 0.6 is 11.6 Å². The van der Waals surface area contributed by atoms with Gasteiger partial charge in [0.2, 0.25) is 17.7 Å². The minimum Gasteiger partial charge on any atom is -0.369 e. The van der Waals surface area contributed by atoms with Gasteiger partial charge in [-0.1, -0.05) is 37.6 Å². The summed E-state index contributed by atoms with van der Waals surface area (Å²) in [4.78, 5) is 44.5. The van der Waals surface area contributed by atoms with Crippen molar-refractivity contribution in [1.29, 1.82) is 0 Å². The standard InChI is InChI=1S/C27H34ClN5O3/c1-19(2)20-3-7-22(8-4-20)30-25(34)17-24-27(36)29-11-12-33(24)26(35)18-31-13-15-32(16-14-31)23-9-5-21(28)6-10-23/h3-10,19,24H,11-18H2,1-2H3,(H,29,36)(H,30,34). The lowest BCUT2D eigenvalue weighted by Crippen LogP contribution is -2.60. The van der Waals surface area contributed by atoms with Crippen LogP contribution in [0.1, 0.15) is 31.7 Å². The van der Waals surface area contributed by atoms with Crippen LogP contribution in [0.25, 0.3) is 0 Å². The Morgan fingerprint density at radius 2 is 1.67 bits per heavy atom. The van der Waals surface area contributed by atoms with Crippen molar-refractivity contribution in [2.75, 3.05) is 56.0 Å². The number of halogens is 1. The van der Waals surface area contributed by atoms with Crippen LogP contribution in [0.2, 0.25) is 5.02 Å². The average molecular weight is 512 g/mol. The minimum atomic E-state index is -0.809. The summed E-state index contributed by atoms with van der Waals surface area (Å²) in [5, 5.41) is 6.36. The van der Waals surface area contributed by atoms with Gasteiger partial charge in [-0.15, -0.1) is 0 Å². The van der Waals surface area contributed by atoms with E-state index in [1.165, 1.54) is 5.56 Å². The van der Waals surface area contributed by atoms with Crippen molar-refractivity contribution in [2.45, 2.75) is 32.2 Å². The van der Waals surface area contributed by atoms with E-state index in [2.05, 4.69) is 34.3 Å². The van der Waals surface area contributed by atoms with E-state index in [-0.39, 0.29) is 30.7 Å². The third-order valence-electron chi connectivity index (χ3n) is 6.81. The minimum absolute atomic E-state index is 0.0755. The predicted octanol–water partition coefficient (Wildman–Crippen LogP) is 2.94. The number of benzene rings is 2. The summed E-state index contributed by atoms with van der Waals surface area (Å²) in [6.07, 6.45) is -0.0755. The molecule has 0 aliphatic carbocycles. The molecule has 2 saturated heterocycles. The molecule has 1 unspecified atom stereocenters. The molecule has 0 aromatic heterocycles. The van der Waals surface area contributed by atoms with Crippen LogP contribution in [0.15, 0.2) is 48.5 Å². The molecule has 2 N–H and O–H groups in total. The van der Waals surface area contributed by atoms with Crippen LogP contribution in [-0.4, -0.2) is 79.4 Å². The third-order valence-corrected chi connectivity index (χ3v) is 7.07. The summed E-state index contributed by atoms with van der Waals surface area (Å²) in [6, 6.07) is 14.6. The van der Waals surface area contributed by atoms with Gasteiger partial charge in [-0.25, -0.2) is 0 Å². The van der Waals surface area contributed by atoms with Gasteiger partial charge in [-0.3, -0.25) is 19.3 Å². The molecule has 3 amide bonds. The zero-order valence-corrected chi connectivity index (χ0v) is 21.6. The van der Waals surface area contributed by atoms with Gasteiger partial charge < -0.3 is 20.4 Å². The molecule has 8 nitrogen and oxygen atoms in total. The second kappa shape index (κ2) is 11.8. The van der Waals surface area contributed by atoms with E-state index in [9.17, 15) is 14.4 Å². The first-order valence-corrected chi connectivity index (χ1v) is 12.9. The lowest BCUT2D eigenvalue weighted by atomic mass is 10.0. The second-order valence-electron chi connectivity index (χ2n) is 9.66. The zero-order chi connectivity index (χ0) is 25.7. The Labute approximate surface area is 217 Å². The molecule has 0 spiro atoms. The highest BCUT2D eigenvalue weighted by molar-refractivity contribution is 6.30. The fourth-order valence-electron chi connectivity index (χ4n) is 4.65. The van der Waals surface area contributed by atoms with Crippen LogP contribution in [0.4, 0.5) is 11.4 Å². The molecule has 0 bridgehead atoms. The van der Waals surface area contributed by atoms with Crippen molar-refractivity contribution in [3.63, 3.8) is 0 Å². The van der Waals surface area contributed by atoms with E-state index >= 15 is 0 Å². The summed E-state index contributed by atoms with van der Waals surface area (Å²) in [7, 11) is 0. The van der Waals surface area contributed by atoms with E-state index in [1.807, 2.05) is 48.5 Å². The first-order valence-electron chi connectivity index (χ1n) is 12.5. The molecule has 36 heavy (non-hydrogen) atoms. The molecule has 2 aromatic carbocycles. The molecule has 2 heterocycles. The van der Waals surface area contributed by atoms with Gasteiger partial charge in [-0.05, 0) is 47.9 Å². The van der Waals surface area contributed by atoms with Crippen molar-refractivity contribution >= 4 is 40.7 Å². The number of carbonyl (C=O) groups is 3. The van der Waals surface area contributed by atoms with Gasteiger partial charge in [0, 0.05) is 55.7 Å². The van der Waals surface area contributed by atoms with Crippen molar-refractivity contribution in [2.24, 2.45) is 0 Å². The number of carbonyl (C=O) groups excluding carboxylic acids is 3. The molecular weight excluding hydrogens is 478 g/mol. The van der Waals surface area contributed by atoms with Crippen molar-refractivity contribution < 1.29 is 14.4 Å². The maximum absolute atomic E-state index is 13.2. The Kier molecular flexibility index (Phi) is 8.48. The first-order chi connectivity index (χ1) is 17.3. The van der Waals surface area contributed by atoms with Crippen molar-refractivity contribution in [1.82, 2.24) is 15.1 Å². The molecule has 9 heteroatoms. The summed E-state index contributed by atoms with van der Waals surface area (Å²) in [5.74, 6) is -0.291. The van der Waals surface area contributed by atoms with Crippen LogP contribution < -0.4 is 15.5 Å². The van der Waals surface area contributed by atoms with Gasteiger partial charge in [0.1, 0.15) is 6.04 Å². The van der Waals surface area contributed by atoms with Crippen LogP contribution in [0, 0.1) is 0 Å². The maximum Gasteiger partial charge on any atom is 0.243 e. The number of nitrogens with zero attached hydrogens (tertiary/aromatic N) is 3. The Morgan fingerprint density at radius 1 is 1.00 bits per heavy atom. The Balaban J connectivity index is 1.31. The fourth-order valence-corrected chi connectivity index (χ4v) is 4.78. The van der Waals surface area contributed by atoms with E-state index in [1.54, 1.807) is 4.90 Å². The number of hydrogen-bond donors (Lipinski definition) is 2. The molecule has 4 rings (SSSR count). The average Bonchev–Trinajstić information content (AvgIpc) is 2.86. The van der Waals surface area contributed by atoms with E-state index < -0.39 is 6.04 Å². The lowest BCUT2D eigenvalue weighted by molar-refractivity contribution is -0.145. The van der Waals surface area contributed by atoms with E-state index in [0.29, 0.717) is 29.7 Å². The maximum atomic E-state index is 13.2. The van der Waals surface area contributed by atoms with Crippen LogP contribution in [-0.2, 0) is 14.4 Å². The van der Waals surface area contributed by atoms with Crippen LogP contribution in [0.3, 0.4) is 0 Å². The highest BCUT2D eigenvalue weighted by atomic mass is 35.5. The molecular formula is C27H34ClN5O3. The number of hydrogen-bond acceptors (Lipinski definition) is 5. The van der Waals surface area contributed by atoms with Gasteiger partial charge in [0.05, 0.1) is 13.0 Å².